The fraction of sp³-hybridized carbons (Fsp3) is 0.355. The minimum Gasteiger partial charge on any atom is -0.371 e. The Morgan fingerprint density at radius 2 is 1.62 bits per heavy atom. The van der Waals surface area contributed by atoms with Gasteiger partial charge < -0.3 is 4.90 Å². The van der Waals surface area contributed by atoms with Crippen LogP contribution in [0.2, 0.25) is 0 Å². The first-order chi connectivity index (χ1) is 15.7. The number of hydrogen-bond donors (Lipinski definition) is 0. The largest absolute Gasteiger partial charge is 0.371 e. The summed E-state index contributed by atoms with van der Waals surface area (Å²) in [6.07, 6.45) is 13.6. The SMILES string of the molecule is Cc1ccc(N2CCCCC2)c(-c2cccc3c4c(ccc23)C2=C(CCC=C2)CC4)c1C. The third kappa shape index (κ3) is 3.13. The quantitative estimate of drug-likeness (QED) is 0.405. The Morgan fingerprint density at radius 1 is 0.750 bits per heavy atom. The summed E-state index contributed by atoms with van der Waals surface area (Å²) in [7, 11) is 0. The number of anilines is 1. The summed E-state index contributed by atoms with van der Waals surface area (Å²) in [4.78, 5) is 2.63. The summed E-state index contributed by atoms with van der Waals surface area (Å²) in [5, 5.41) is 2.87. The van der Waals surface area contributed by atoms with E-state index in [-0.39, 0.29) is 0 Å². The molecule has 1 nitrogen and oxygen atoms in total. The van der Waals surface area contributed by atoms with E-state index in [1.54, 1.807) is 11.1 Å². The van der Waals surface area contributed by atoms with Crippen molar-refractivity contribution in [2.45, 2.75) is 58.8 Å². The van der Waals surface area contributed by atoms with Crippen LogP contribution in [-0.2, 0) is 6.42 Å². The third-order valence-corrected chi connectivity index (χ3v) is 8.10. The second-order valence-electron chi connectivity index (χ2n) is 9.90. The van der Waals surface area contributed by atoms with E-state index >= 15 is 0 Å². The predicted octanol–water partition coefficient (Wildman–Crippen LogP) is 8.16. The molecule has 0 saturated carbocycles. The zero-order valence-corrected chi connectivity index (χ0v) is 19.5. The highest BCUT2D eigenvalue weighted by atomic mass is 15.1. The van der Waals surface area contributed by atoms with Crippen molar-refractivity contribution in [2.75, 3.05) is 18.0 Å². The van der Waals surface area contributed by atoms with Crippen LogP contribution in [0.1, 0.15) is 60.8 Å². The van der Waals surface area contributed by atoms with E-state index in [1.165, 1.54) is 108 Å². The highest BCUT2D eigenvalue weighted by molar-refractivity contribution is 6.04. The first-order valence-electron chi connectivity index (χ1n) is 12.5. The second kappa shape index (κ2) is 7.96. The van der Waals surface area contributed by atoms with Crippen molar-refractivity contribution in [3.63, 3.8) is 0 Å². The number of nitrogens with zero attached hydrogens (tertiary/aromatic N) is 1. The molecule has 0 radical (unpaired) electrons. The van der Waals surface area contributed by atoms with E-state index in [1.807, 2.05) is 0 Å². The fourth-order valence-electron chi connectivity index (χ4n) is 6.23. The molecular formula is C31H33N. The van der Waals surface area contributed by atoms with Gasteiger partial charge in [-0.2, -0.15) is 0 Å². The van der Waals surface area contributed by atoms with Crippen LogP contribution < -0.4 is 4.90 Å². The Balaban J connectivity index is 1.57. The number of aryl methyl sites for hydroxylation is 2. The van der Waals surface area contributed by atoms with Gasteiger partial charge in [-0.1, -0.05) is 54.1 Å². The molecule has 1 heteroatoms. The molecule has 0 bridgehead atoms. The third-order valence-electron chi connectivity index (χ3n) is 8.10. The summed E-state index contributed by atoms with van der Waals surface area (Å²) < 4.78 is 0. The summed E-state index contributed by atoms with van der Waals surface area (Å²) in [6, 6.07) is 16.5. The molecule has 0 aromatic heterocycles. The molecule has 0 N–H and O–H groups in total. The first-order valence-corrected chi connectivity index (χ1v) is 12.5. The Hall–Kier alpha value is -2.80. The second-order valence-corrected chi connectivity index (χ2v) is 9.90. The number of fused-ring (bicyclic) bond motifs is 4. The Bertz CT molecular complexity index is 1270. The lowest BCUT2D eigenvalue weighted by Crippen LogP contribution is -2.30. The number of rotatable bonds is 2. The van der Waals surface area contributed by atoms with Gasteiger partial charge in [0.1, 0.15) is 0 Å². The van der Waals surface area contributed by atoms with Gasteiger partial charge in [0.2, 0.25) is 0 Å². The number of hydrogen-bond acceptors (Lipinski definition) is 1. The molecule has 0 amide bonds. The van der Waals surface area contributed by atoms with Gasteiger partial charge in [0.05, 0.1) is 0 Å². The van der Waals surface area contributed by atoms with E-state index in [4.69, 9.17) is 0 Å². The van der Waals surface area contributed by atoms with Crippen molar-refractivity contribution in [1.29, 1.82) is 0 Å². The highest BCUT2D eigenvalue weighted by Crippen LogP contribution is 2.44. The molecule has 3 aromatic rings. The maximum Gasteiger partial charge on any atom is 0.0449 e. The molecule has 3 aromatic carbocycles. The van der Waals surface area contributed by atoms with Crippen molar-refractivity contribution >= 4 is 22.0 Å². The lowest BCUT2D eigenvalue weighted by Gasteiger charge is -2.32. The lowest BCUT2D eigenvalue weighted by molar-refractivity contribution is 0.578. The molecule has 2 aliphatic carbocycles. The van der Waals surface area contributed by atoms with E-state index in [2.05, 4.69) is 73.4 Å². The van der Waals surface area contributed by atoms with Gasteiger partial charge in [-0.15, -0.1) is 0 Å². The normalized spacial score (nSPS) is 18.1. The van der Waals surface area contributed by atoms with Gasteiger partial charge in [0.15, 0.2) is 0 Å². The fourth-order valence-corrected chi connectivity index (χ4v) is 6.23. The van der Waals surface area contributed by atoms with Crippen molar-refractivity contribution in [3.8, 4) is 11.1 Å². The predicted molar refractivity (Wildman–Crippen MR) is 139 cm³/mol. The molecule has 0 atom stereocenters. The Kier molecular flexibility index (Phi) is 4.94. The summed E-state index contributed by atoms with van der Waals surface area (Å²) in [5.74, 6) is 0. The van der Waals surface area contributed by atoms with Crippen molar-refractivity contribution in [1.82, 2.24) is 0 Å². The molecule has 1 fully saturated rings. The van der Waals surface area contributed by atoms with Crippen LogP contribution >= 0.6 is 0 Å². The zero-order chi connectivity index (χ0) is 21.7. The number of piperidine rings is 1. The molecule has 0 unspecified atom stereocenters. The maximum absolute atomic E-state index is 2.63. The molecule has 6 rings (SSSR count). The molecule has 1 heterocycles. The van der Waals surface area contributed by atoms with Gasteiger partial charge in [-0.3, -0.25) is 0 Å². The van der Waals surface area contributed by atoms with Crippen LogP contribution in [0.4, 0.5) is 5.69 Å². The van der Waals surface area contributed by atoms with Gasteiger partial charge in [0, 0.05) is 24.3 Å². The van der Waals surface area contributed by atoms with Crippen LogP contribution in [0, 0.1) is 13.8 Å². The first kappa shape index (κ1) is 19.9. The Labute approximate surface area is 192 Å². The summed E-state index contributed by atoms with van der Waals surface area (Å²) >= 11 is 0. The van der Waals surface area contributed by atoms with Gasteiger partial charge in [-0.25, -0.2) is 0 Å². The van der Waals surface area contributed by atoms with Crippen LogP contribution in [0.25, 0.3) is 27.5 Å². The van der Waals surface area contributed by atoms with Crippen molar-refractivity contribution < 1.29 is 0 Å². The smallest absolute Gasteiger partial charge is 0.0449 e. The van der Waals surface area contributed by atoms with E-state index in [0.717, 1.165) is 0 Å². The molecule has 1 saturated heterocycles. The molecular weight excluding hydrogens is 386 g/mol. The molecule has 0 spiro atoms. The van der Waals surface area contributed by atoms with Gasteiger partial charge >= 0.3 is 0 Å². The number of benzene rings is 3. The van der Waals surface area contributed by atoms with Gasteiger partial charge in [-0.05, 0) is 109 Å². The Morgan fingerprint density at radius 3 is 2.50 bits per heavy atom. The molecule has 162 valence electrons. The lowest BCUT2D eigenvalue weighted by atomic mass is 9.78. The highest BCUT2D eigenvalue weighted by Gasteiger charge is 2.23. The van der Waals surface area contributed by atoms with Crippen LogP contribution in [0.3, 0.4) is 0 Å². The van der Waals surface area contributed by atoms with Crippen molar-refractivity contribution in [2.24, 2.45) is 0 Å². The number of allylic oxidation sites excluding steroid dienone is 4. The summed E-state index contributed by atoms with van der Waals surface area (Å²) in [6.45, 7) is 6.94. The monoisotopic (exact) mass is 419 g/mol. The van der Waals surface area contributed by atoms with E-state index in [9.17, 15) is 0 Å². The molecule has 32 heavy (non-hydrogen) atoms. The average molecular weight is 420 g/mol. The standard InChI is InChI=1S/C31H33N/c1-21-13-18-30(32-19-6-3-7-20-32)31(22(21)2)29-12-8-11-25-27-15-14-23-9-4-5-10-24(23)26(27)16-17-28(25)29/h5,8,10-13,16-18H,3-4,6-7,9,14-15,19-20H2,1-2H3. The minimum absolute atomic E-state index is 1.18. The van der Waals surface area contributed by atoms with Crippen LogP contribution in [0.5, 0.6) is 0 Å². The van der Waals surface area contributed by atoms with E-state index in [0.29, 0.717) is 0 Å². The average Bonchev–Trinajstić information content (AvgIpc) is 2.85. The molecule has 3 aliphatic rings. The van der Waals surface area contributed by atoms with E-state index < -0.39 is 0 Å². The minimum atomic E-state index is 1.18. The van der Waals surface area contributed by atoms with Gasteiger partial charge in [0.25, 0.3) is 0 Å². The van der Waals surface area contributed by atoms with Crippen molar-refractivity contribution in [3.05, 3.63) is 82.4 Å². The van der Waals surface area contributed by atoms with Crippen LogP contribution in [0.15, 0.2) is 60.2 Å². The topological polar surface area (TPSA) is 3.24 Å². The van der Waals surface area contributed by atoms with Crippen LogP contribution in [-0.4, -0.2) is 13.1 Å². The summed E-state index contributed by atoms with van der Waals surface area (Å²) in [5.41, 5.74) is 13.3. The zero-order valence-electron chi connectivity index (χ0n) is 19.5. The molecule has 1 aliphatic heterocycles. The maximum atomic E-state index is 2.63.